The van der Waals surface area contributed by atoms with Crippen molar-refractivity contribution >= 4 is 20.3 Å². The lowest BCUT2D eigenvalue weighted by Gasteiger charge is -2.29. The summed E-state index contributed by atoms with van der Waals surface area (Å²) < 4.78 is 10.2. The van der Waals surface area contributed by atoms with Crippen molar-refractivity contribution in [3.05, 3.63) is 0 Å². The third-order valence-electron chi connectivity index (χ3n) is 3.08. The summed E-state index contributed by atoms with van der Waals surface area (Å²) in [5.74, 6) is -0.607. The standard InChI is InChI=1S/C13H27N2O6P.3C2H6/c1-6-15-12(18)11(17)13(3,4)8-21-22(19)20-7-10(14-5)9(2)16;3*1-2/h10-11,14,17,19H,6-8H2,1-5H3,(H,15,18);3*1-2H3. The number of carbonyl (C=O) groups is 2. The van der Waals surface area contributed by atoms with E-state index in [1.54, 1.807) is 27.8 Å². The molecule has 0 saturated carbocycles. The van der Waals surface area contributed by atoms with Gasteiger partial charge in [0.2, 0.25) is 5.91 Å². The molecule has 9 heteroatoms. The van der Waals surface area contributed by atoms with Gasteiger partial charge >= 0.3 is 8.60 Å². The molecular formula is C19H45N2O6P. The molecule has 3 atom stereocenters. The van der Waals surface area contributed by atoms with Crippen molar-refractivity contribution in [1.29, 1.82) is 0 Å². The van der Waals surface area contributed by atoms with E-state index in [2.05, 4.69) is 10.6 Å². The Morgan fingerprint density at radius 3 is 1.89 bits per heavy atom. The van der Waals surface area contributed by atoms with Crippen molar-refractivity contribution in [3.63, 3.8) is 0 Å². The van der Waals surface area contributed by atoms with E-state index < -0.39 is 32.1 Å². The van der Waals surface area contributed by atoms with Gasteiger partial charge in [0, 0.05) is 12.0 Å². The molecular weight excluding hydrogens is 383 g/mol. The van der Waals surface area contributed by atoms with E-state index in [0.29, 0.717) is 6.54 Å². The Morgan fingerprint density at radius 1 is 1.07 bits per heavy atom. The summed E-state index contributed by atoms with van der Waals surface area (Å²) in [7, 11) is -0.582. The highest BCUT2D eigenvalue weighted by Gasteiger charge is 2.34. The number of carbonyl (C=O) groups excluding carboxylic acids is 2. The number of hydrogen-bond donors (Lipinski definition) is 4. The van der Waals surface area contributed by atoms with Crippen LogP contribution in [0.4, 0.5) is 0 Å². The normalized spacial score (nSPS) is 13.2. The molecule has 0 aromatic carbocycles. The van der Waals surface area contributed by atoms with Crippen LogP contribution in [0.1, 0.15) is 69.2 Å². The molecule has 172 valence electrons. The number of amides is 1. The second-order valence-electron chi connectivity index (χ2n) is 5.54. The zero-order valence-corrected chi connectivity index (χ0v) is 20.6. The van der Waals surface area contributed by atoms with Crippen LogP contribution in [-0.2, 0) is 18.6 Å². The summed E-state index contributed by atoms with van der Waals surface area (Å²) in [5.41, 5.74) is -0.894. The van der Waals surface area contributed by atoms with E-state index in [1.807, 2.05) is 41.5 Å². The van der Waals surface area contributed by atoms with Crippen LogP contribution >= 0.6 is 8.60 Å². The molecule has 0 rings (SSSR count). The summed E-state index contributed by atoms with van der Waals surface area (Å²) in [6, 6.07) is -0.519. The van der Waals surface area contributed by atoms with E-state index in [-0.39, 0.29) is 19.0 Å². The maximum absolute atomic E-state index is 11.6. The van der Waals surface area contributed by atoms with Gasteiger partial charge in [-0.2, -0.15) is 0 Å². The van der Waals surface area contributed by atoms with Gasteiger partial charge in [0.1, 0.15) is 11.9 Å². The van der Waals surface area contributed by atoms with Crippen molar-refractivity contribution in [2.75, 3.05) is 26.8 Å². The van der Waals surface area contributed by atoms with Crippen LogP contribution in [0.15, 0.2) is 0 Å². The third-order valence-corrected chi connectivity index (χ3v) is 3.80. The zero-order chi connectivity index (χ0) is 23.3. The van der Waals surface area contributed by atoms with Crippen LogP contribution < -0.4 is 10.6 Å². The average molecular weight is 429 g/mol. The van der Waals surface area contributed by atoms with E-state index in [1.165, 1.54) is 6.92 Å². The Kier molecular flexibility index (Phi) is 28.2. The van der Waals surface area contributed by atoms with Gasteiger partial charge in [-0.25, -0.2) is 0 Å². The van der Waals surface area contributed by atoms with Crippen molar-refractivity contribution in [3.8, 4) is 0 Å². The summed E-state index contributed by atoms with van der Waals surface area (Å²) in [5, 5.41) is 15.2. The summed E-state index contributed by atoms with van der Waals surface area (Å²) in [6.45, 7) is 18.8. The summed E-state index contributed by atoms with van der Waals surface area (Å²) >= 11 is 0. The number of ketones is 1. The first-order valence-corrected chi connectivity index (χ1v) is 11.2. The maximum atomic E-state index is 11.6. The molecule has 0 aliphatic heterocycles. The van der Waals surface area contributed by atoms with Crippen molar-refractivity contribution in [1.82, 2.24) is 10.6 Å². The molecule has 0 radical (unpaired) electrons. The molecule has 0 saturated heterocycles. The van der Waals surface area contributed by atoms with Crippen molar-refractivity contribution < 1.29 is 28.6 Å². The molecule has 0 aliphatic rings. The van der Waals surface area contributed by atoms with Gasteiger partial charge in [-0.3, -0.25) is 9.59 Å². The van der Waals surface area contributed by atoms with Gasteiger partial charge in [-0.1, -0.05) is 55.4 Å². The molecule has 1 amide bonds. The van der Waals surface area contributed by atoms with Gasteiger partial charge in [-0.05, 0) is 20.9 Å². The minimum Gasteiger partial charge on any atom is -0.383 e. The quantitative estimate of drug-likeness (QED) is 0.374. The van der Waals surface area contributed by atoms with E-state index in [9.17, 15) is 19.6 Å². The highest BCUT2D eigenvalue weighted by molar-refractivity contribution is 7.40. The van der Waals surface area contributed by atoms with Gasteiger partial charge < -0.3 is 29.7 Å². The predicted octanol–water partition coefficient (Wildman–Crippen LogP) is 3.02. The van der Waals surface area contributed by atoms with Gasteiger partial charge in [0.15, 0.2) is 0 Å². The largest absolute Gasteiger partial charge is 0.383 e. The molecule has 28 heavy (non-hydrogen) atoms. The van der Waals surface area contributed by atoms with Crippen LogP contribution in [0.3, 0.4) is 0 Å². The molecule has 0 aliphatic carbocycles. The highest BCUT2D eigenvalue weighted by Crippen LogP contribution is 2.36. The Bertz CT molecular complexity index is 370. The smallest absolute Gasteiger partial charge is 0.329 e. The highest BCUT2D eigenvalue weighted by atomic mass is 31.2. The number of rotatable bonds is 11. The number of aliphatic hydroxyl groups is 1. The topological polar surface area (TPSA) is 117 Å². The minimum atomic E-state index is -2.19. The van der Waals surface area contributed by atoms with Crippen LogP contribution in [0.2, 0.25) is 0 Å². The van der Waals surface area contributed by atoms with Gasteiger partial charge in [-0.15, -0.1) is 0 Å². The van der Waals surface area contributed by atoms with E-state index in [0.717, 1.165) is 0 Å². The fourth-order valence-electron chi connectivity index (χ4n) is 1.51. The molecule has 0 bridgehead atoms. The van der Waals surface area contributed by atoms with E-state index >= 15 is 0 Å². The second-order valence-corrected chi connectivity index (χ2v) is 6.54. The average Bonchev–Trinajstić information content (AvgIpc) is 2.70. The number of hydrogen-bond acceptors (Lipinski definition) is 7. The molecule has 0 aromatic heterocycles. The number of Topliss-reactive ketones (excluding diaryl/α,β-unsaturated/α-hetero) is 1. The van der Waals surface area contributed by atoms with Gasteiger partial charge in [0.05, 0.1) is 19.3 Å². The Balaban J connectivity index is -0.000000434. The first-order valence-electron chi connectivity index (χ1n) is 10.0. The lowest BCUT2D eigenvalue weighted by Crippen LogP contribution is -2.45. The summed E-state index contributed by atoms with van der Waals surface area (Å²) in [6.07, 6.45) is -1.27. The number of nitrogens with one attached hydrogen (secondary N) is 2. The molecule has 0 fully saturated rings. The Morgan fingerprint density at radius 2 is 1.54 bits per heavy atom. The zero-order valence-electron chi connectivity index (χ0n) is 19.8. The van der Waals surface area contributed by atoms with Gasteiger partial charge in [0.25, 0.3) is 0 Å². The van der Waals surface area contributed by atoms with Crippen LogP contribution in [-0.4, -0.2) is 60.6 Å². The van der Waals surface area contributed by atoms with E-state index in [4.69, 9.17) is 9.05 Å². The number of aliphatic hydroxyl groups excluding tert-OH is 1. The SMILES string of the molecule is CC.CC.CC.CCNC(=O)C(O)C(C)(C)COP(O)OCC(NC)C(C)=O. The lowest BCUT2D eigenvalue weighted by molar-refractivity contribution is -0.136. The predicted molar refractivity (Wildman–Crippen MR) is 117 cm³/mol. The first kappa shape index (κ1) is 34.8. The molecule has 3 unspecified atom stereocenters. The Labute approximate surface area is 173 Å². The molecule has 4 N–H and O–H groups in total. The maximum Gasteiger partial charge on any atom is 0.329 e. The van der Waals surface area contributed by atoms with Crippen molar-refractivity contribution in [2.45, 2.75) is 81.4 Å². The van der Waals surface area contributed by atoms with Crippen LogP contribution in [0.25, 0.3) is 0 Å². The first-order chi connectivity index (χ1) is 13.2. The fraction of sp³-hybridized carbons (Fsp3) is 0.895. The fourth-order valence-corrected chi connectivity index (χ4v) is 2.30. The second kappa shape index (κ2) is 22.7. The molecule has 8 nitrogen and oxygen atoms in total. The number of likely N-dealkylation sites (N-methyl/N-ethyl adjacent to an activating group) is 2. The molecule has 0 aromatic rings. The lowest BCUT2D eigenvalue weighted by atomic mass is 9.87. The van der Waals surface area contributed by atoms with Crippen molar-refractivity contribution in [2.24, 2.45) is 5.41 Å². The third kappa shape index (κ3) is 17.5. The summed E-state index contributed by atoms with van der Waals surface area (Å²) in [4.78, 5) is 32.5. The molecule has 0 spiro atoms. The van der Waals surface area contributed by atoms with Crippen LogP contribution in [0.5, 0.6) is 0 Å². The monoisotopic (exact) mass is 428 g/mol. The Hall–Kier alpha value is -0.630. The molecule has 0 heterocycles. The minimum absolute atomic E-state index is 0.0205. The van der Waals surface area contributed by atoms with Crippen LogP contribution in [0, 0.1) is 5.41 Å².